The number of carboxylic acids is 1. The number of carboxylic acid groups (broad SMARTS) is 1. The summed E-state index contributed by atoms with van der Waals surface area (Å²) in [5, 5.41) is 18.5. The molecule has 2 N–H and O–H groups in total. The molecule has 1 rings (SSSR count). The van der Waals surface area contributed by atoms with Gasteiger partial charge in [-0.3, -0.25) is 4.79 Å². The molecule has 0 aliphatic heterocycles. The van der Waals surface area contributed by atoms with Gasteiger partial charge in [0, 0.05) is 6.42 Å². The van der Waals surface area contributed by atoms with Crippen molar-refractivity contribution in [3.05, 3.63) is 36.5 Å². The molecule has 1 saturated carbocycles. The van der Waals surface area contributed by atoms with Gasteiger partial charge in [-0.2, -0.15) is 0 Å². The minimum absolute atomic E-state index is 0.253. The third kappa shape index (κ3) is 9.39. The number of hydrogen-bond donors (Lipinski definition) is 2. The molecule has 0 bridgehead atoms. The van der Waals surface area contributed by atoms with Gasteiger partial charge in [-0.1, -0.05) is 49.8 Å². The van der Waals surface area contributed by atoms with E-state index >= 15 is 0 Å². The Hall–Kier alpha value is -1.35. The van der Waals surface area contributed by atoms with E-state index in [1.807, 2.05) is 12.2 Å². The fourth-order valence-electron chi connectivity index (χ4n) is 3.12. The highest BCUT2D eigenvalue weighted by Gasteiger charge is 2.23. The van der Waals surface area contributed by atoms with Crippen molar-refractivity contribution in [2.24, 2.45) is 11.8 Å². The van der Waals surface area contributed by atoms with Gasteiger partial charge < -0.3 is 10.2 Å². The summed E-state index contributed by atoms with van der Waals surface area (Å²) in [7, 11) is 0. The number of carbonyl (C=O) groups is 1. The van der Waals surface area contributed by atoms with Crippen molar-refractivity contribution in [2.75, 3.05) is 0 Å². The topological polar surface area (TPSA) is 57.5 Å². The first-order valence-electron chi connectivity index (χ1n) is 9.01. The Balaban J connectivity index is 2.28. The van der Waals surface area contributed by atoms with Gasteiger partial charge >= 0.3 is 5.97 Å². The summed E-state index contributed by atoms with van der Waals surface area (Å²) in [5.74, 6) is 0.524. The summed E-state index contributed by atoms with van der Waals surface area (Å²) in [6.07, 6.45) is 20.6. The van der Waals surface area contributed by atoms with Crippen LogP contribution in [0.3, 0.4) is 0 Å². The van der Waals surface area contributed by atoms with E-state index in [0.29, 0.717) is 18.3 Å². The van der Waals surface area contributed by atoms with Crippen LogP contribution in [0, 0.1) is 11.8 Å². The van der Waals surface area contributed by atoms with Crippen LogP contribution in [0.1, 0.15) is 64.7 Å². The van der Waals surface area contributed by atoms with Crippen LogP contribution >= 0.6 is 0 Å². The Labute approximate surface area is 140 Å². The Morgan fingerprint density at radius 1 is 1.22 bits per heavy atom. The van der Waals surface area contributed by atoms with E-state index in [-0.39, 0.29) is 12.5 Å². The number of rotatable bonds is 11. The van der Waals surface area contributed by atoms with E-state index in [4.69, 9.17) is 5.11 Å². The maximum atomic E-state index is 10.4. The summed E-state index contributed by atoms with van der Waals surface area (Å²) in [5.41, 5.74) is 0. The zero-order chi connectivity index (χ0) is 16.9. The monoisotopic (exact) mass is 320 g/mol. The molecule has 0 amide bonds. The van der Waals surface area contributed by atoms with Gasteiger partial charge in [0.25, 0.3) is 0 Å². The summed E-state index contributed by atoms with van der Waals surface area (Å²) in [6.45, 7) is 2.09. The van der Waals surface area contributed by atoms with E-state index < -0.39 is 5.97 Å². The third-order valence-electron chi connectivity index (χ3n) is 4.45. The summed E-state index contributed by atoms with van der Waals surface area (Å²) in [4.78, 5) is 10.4. The molecule has 0 spiro atoms. The SMILES string of the molecule is CCC=CCC(O)C=C[C@H]1CCC[C@@H]1CC=CCCCC(=O)O. The number of allylic oxidation sites excluding steroid dienone is 4. The Bertz CT molecular complexity index is 409. The first-order valence-corrected chi connectivity index (χ1v) is 9.01. The second-order valence-electron chi connectivity index (χ2n) is 6.42. The van der Waals surface area contributed by atoms with Crippen molar-refractivity contribution in [3.63, 3.8) is 0 Å². The predicted octanol–water partition coefficient (Wildman–Crippen LogP) is 4.88. The molecule has 3 atom stereocenters. The maximum absolute atomic E-state index is 10.4. The van der Waals surface area contributed by atoms with Gasteiger partial charge in [-0.25, -0.2) is 0 Å². The van der Waals surface area contributed by atoms with E-state index in [1.54, 1.807) is 0 Å². The molecule has 0 heterocycles. The zero-order valence-electron chi connectivity index (χ0n) is 14.4. The van der Waals surface area contributed by atoms with Crippen molar-refractivity contribution in [1.29, 1.82) is 0 Å². The summed E-state index contributed by atoms with van der Waals surface area (Å²) < 4.78 is 0. The van der Waals surface area contributed by atoms with E-state index in [2.05, 4.69) is 31.2 Å². The Kier molecular flexibility index (Phi) is 10.4. The van der Waals surface area contributed by atoms with Crippen LogP contribution in [-0.2, 0) is 4.79 Å². The van der Waals surface area contributed by atoms with Gasteiger partial charge in [0.1, 0.15) is 0 Å². The molecule has 0 aromatic heterocycles. The molecule has 0 aromatic carbocycles. The molecule has 1 unspecified atom stereocenters. The van der Waals surface area contributed by atoms with Crippen molar-refractivity contribution in [3.8, 4) is 0 Å². The van der Waals surface area contributed by atoms with Crippen LogP contribution in [0.2, 0.25) is 0 Å². The van der Waals surface area contributed by atoms with Gasteiger partial charge in [0.15, 0.2) is 0 Å². The van der Waals surface area contributed by atoms with E-state index in [0.717, 1.165) is 25.7 Å². The van der Waals surface area contributed by atoms with Gasteiger partial charge in [-0.15, -0.1) is 0 Å². The zero-order valence-corrected chi connectivity index (χ0v) is 14.4. The van der Waals surface area contributed by atoms with E-state index in [9.17, 15) is 9.90 Å². The van der Waals surface area contributed by atoms with Crippen molar-refractivity contribution < 1.29 is 15.0 Å². The quantitative estimate of drug-likeness (QED) is 0.421. The largest absolute Gasteiger partial charge is 0.481 e. The number of unbranched alkanes of at least 4 members (excludes halogenated alkanes) is 1. The molecular weight excluding hydrogens is 288 g/mol. The smallest absolute Gasteiger partial charge is 0.303 e. The molecule has 0 aromatic rings. The van der Waals surface area contributed by atoms with Crippen LogP contribution < -0.4 is 0 Å². The Morgan fingerprint density at radius 3 is 2.78 bits per heavy atom. The molecule has 0 saturated heterocycles. The van der Waals surface area contributed by atoms with Gasteiger partial charge in [-0.05, 0) is 56.8 Å². The van der Waals surface area contributed by atoms with Crippen molar-refractivity contribution >= 4 is 5.97 Å². The highest BCUT2D eigenvalue weighted by Crippen LogP contribution is 2.35. The minimum atomic E-state index is -0.716. The van der Waals surface area contributed by atoms with Crippen LogP contribution in [0.5, 0.6) is 0 Å². The molecule has 130 valence electrons. The van der Waals surface area contributed by atoms with Gasteiger partial charge in [0.05, 0.1) is 6.10 Å². The van der Waals surface area contributed by atoms with Gasteiger partial charge in [0.2, 0.25) is 0 Å². The lowest BCUT2D eigenvalue weighted by Gasteiger charge is -2.14. The molecule has 1 aliphatic carbocycles. The first kappa shape index (κ1) is 19.7. The fourth-order valence-corrected chi connectivity index (χ4v) is 3.12. The van der Waals surface area contributed by atoms with Crippen LogP contribution in [0.15, 0.2) is 36.5 Å². The second kappa shape index (κ2) is 12.1. The van der Waals surface area contributed by atoms with Crippen molar-refractivity contribution in [2.45, 2.75) is 70.8 Å². The van der Waals surface area contributed by atoms with Crippen LogP contribution in [-0.4, -0.2) is 22.3 Å². The average Bonchev–Trinajstić information content (AvgIpc) is 2.96. The minimum Gasteiger partial charge on any atom is -0.481 e. The summed E-state index contributed by atoms with van der Waals surface area (Å²) >= 11 is 0. The third-order valence-corrected chi connectivity index (χ3v) is 4.45. The lowest BCUT2D eigenvalue weighted by Crippen LogP contribution is -2.06. The highest BCUT2D eigenvalue weighted by molar-refractivity contribution is 5.66. The predicted molar refractivity (Wildman–Crippen MR) is 95.3 cm³/mol. The molecule has 1 aliphatic rings. The molecule has 3 heteroatoms. The first-order chi connectivity index (χ1) is 11.1. The molecule has 3 nitrogen and oxygen atoms in total. The van der Waals surface area contributed by atoms with Crippen molar-refractivity contribution in [1.82, 2.24) is 0 Å². The molecule has 23 heavy (non-hydrogen) atoms. The molecule has 0 radical (unpaired) electrons. The Morgan fingerprint density at radius 2 is 2.04 bits per heavy atom. The number of aliphatic hydroxyl groups excluding tert-OH is 1. The number of hydrogen-bond acceptors (Lipinski definition) is 2. The summed E-state index contributed by atoms with van der Waals surface area (Å²) in [6, 6.07) is 0. The number of aliphatic hydroxyl groups is 1. The average molecular weight is 320 g/mol. The van der Waals surface area contributed by atoms with Crippen LogP contribution in [0.4, 0.5) is 0 Å². The van der Waals surface area contributed by atoms with E-state index in [1.165, 1.54) is 19.3 Å². The lowest BCUT2D eigenvalue weighted by molar-refractivity contribution is -0.137. The second-order valence-corrected chi connectivity index (χ2v) is 6.42. The number of aliphatic carboxylic acids is 1. The lowest BCUT2D eigenvalue weighted by atomic mass is 9.91. The molecular formula is C20H32O3. The maximum Gasteiger partial charge on any atom is 0.303 e. The fraction of sp³-hybridized carbons (Fsp3) is 0.650. The standard InChI is InChI=1S/C20H32O3/c1-2-3-6-13-19(21)16-15-18-12-9-11-17(18)10-7-4-5-8-14-20(22)23/h3-4,6-7,15-19,21H,2,5,8-14H2,1H3,(H,22,23)/t17-,18+,19?/m0/s1. The normalized spacial score (nSPS) is 23.4. The highest BCUT2D eigenvalue weighted by atomic mass is 16.4. The molecule has 1 fully saturated rings. The van der Waals surface area contributed by atoms with Crippen LogP contribution in [0.25, 0.3) is 0 Å².